The minimum absolute atomic E-state index is 0. The molecule has 1 aromatic carbocycles. The molecule has 5 nitrogen and oxygen atoms in total. The van der Waals surface area contributed by atoms with E-state index in [0.717, 1.165) is 37.7 Å². The first-order valence-electron chi connectivity index (χ1n) is 8.43. The molecule has 1 atom stereocenters. The topological polar surface area (TPSA) is 58.8 Å². The molecule has 1 heterocycles. The Morgan fingerprint density at radius 1 is 1.12 bits per heavy atom. The summed E-state index contributed by atoms with van der Waals surface area (Å²) in [5.41, 5.74) is 1.21. The van der Waals surface area contributed by atoms with Crippen LogP contribution >= 0.6 is 24.0 Å². The van der Waals surface area contributed by atoms with Gasteiger partial charge in [-0.25, -0.2) is 0 Å². The van der Waals surface area contributed by atoms with Crippen molar-refractivity contribution >= 4 is 29.9 Å². The van der Waals surface area contributed by atoms with Gasteiger partial charge in [0.15, 0.2) is 5.96 Å². The van der Waals surface area contributed by atoms with E-state index >= 15 is 0 Å². The first kappa shape index (κ1) is 21.5. The summed E-state index contributed by atoms with van der Waals surface area (Å²) in [6, 6.07) is 14.2. The molecule has 0 saturated heterocycles. The van der Waals surface area contributed by atoms with Crippen LogP contribution in [0.5, 0.6) is 0 Å². The van der Waals surface area contributed by atoms with Gasteiger partial charge in [0.25, 0.3) is 0 Å². The van der Waals surface area contributed by atoms with Gasteiger partial charge in [0.2, 0.25) is 0 Å². The van der Waals surface area contributed by atoms with Crippen molar-refractivity contribution < 1.29 is 9.15 Å². The smallest absolute Gasteiger partial charge is 0.190 e. The van der Waals surface area contributed by atoms with Gasteiger partial charge in [-0.05, 0) is 31.0 Å². The van der Waals surface area contributed by atoms with Gasteiger partial charge in [0.1, 0.15) is 5.76 Å². The molecule has 1 unspecified atom stereocenters. The second-order valence-corrected chi connectivity index (χ2v) is 5.53. The zero-order valence-corrected chi connectivity index (χ0v) is 17.2. The predicted molar refractivity (Wildman–Crippen MR) is 113 cm³/mol. The number of ether oxygens (including phenoxy) is 1. The monoisotopic (exact) mass is 457 g/mol. The molecule has 0 aliphatic heterocycles. The normalized spacial score (nSPS) is 12.3. The van der Waals surface area contributed by atoms with Crippen LogP contribution in [0.25, 0.3) is 0 Å². The molecule has 2 N–H and O–H groups in total. The van der Waals surface area contributed by atoms with Gasteiger partial charge >= 0.3 is 0 Å². The van der Waals surface area contributed by atoms with Crippen LogP contribution in [-0.4, -0.2) is 32.7 Å². The van der Waals surface area contributed by atoms with E-state index in [1.807, 2.05) is 30.3 Å². The number of hydrogen-bond donors (Lipinski definition) is 2. The third kappa shape index (κ3) is 8.40. The summed E-state index contributed by atoms with van der Waals surface area (Å²) in [7, 11) is 1.77. The molecule has 0 amide bonds. The fourth-order valence-electron chi connectivity index (χ4n) is 2.34. The van der Waals surface area contributed by atoms with Crippen molar-refractivity contribution in [1.82, 2.24) is 10.6 Å². The molecule has 0 radical (unpaired) electrons. The average Bonchev–Trinajstić information content (AvgIpc) is 3.14. The Morgan fingerprint density at radius 2 is 1.88 bits per heavy atom. The largest absolute Gasteiger partial charge is 0.469 e. The fraction of sp³-hybridized carbons (Fsp3) is 0.421. The van der Waals surface area contributed by atoms with Gasteiger partial charge in [0.05, 0.1) is 12.4 Å². The number of hydrogen-bond acceptors (Lipinski definition) is 3. The Labute approximate surface area is 167 Å². The van der Waals surface area contributed by atoms with Crippen molar-refractivity contribution in [2.45, 2.75) is 25.9 Å². The average molecular weight is 457 g/mol. The molecule has 1 aromatic heterocycles. The van der Waals surface area contributed by atoms with Gasteiger partial charge in [-0.15, -0.1) is 24.0 Å². The summed E-state index contributed by atoms with van der Waals surface area (Å²) in [5.74, 6) is 1.78. The SMILES string of the molecule is CN=C(NCCCOC(C)c1ccccc1)NCCc1ccco1.I. The number of benzene rings is 1. The fourth-order valence-corrected chi connectivity index (χ4v) is 2.34. The molecule has 6 heteroatoms. The van der Waals surface area contributed by atoms with Crippen molar-refractivity contribution in [2.75, 3.05) is 26.7 Å². The van der Waals surface area contributed by atoms with Crippen molar-refractivity contribution in [3.8, 4) is 0 Å². The molecular weight excluding hydrogens is 429 g/mol. The van der Waals surface area contributed by atoms with Gasteiger partial charge in [-0.2, -0.15) is 0 Å². The van der Waals surface area contributed by atoms with Gasteiger partial charge in [0, 0.05) is 33.2 Å². The summed E-state index contributed by atoms with van der Waals surface area (Å²) >= 11 is 0. The number of guanidine groups is 1. The molecule has 0 aliphatic rings. The molecule has 2 aromatic rings. The number of halogens is 1. The highest BCUT2D eigenvalue weighted by Gasteiger charge is 2.04. The van der Waals surface area contributed by atoms with E-state index in [1.165, 1.54) is 5.56 Å². The lowest BCUT2D eigenvalue weighted by molar-refractivity contribution is 0.0646. The number of aliphatic imine (C=N–C) groups is 1. The Kier molecular flexibility index (Phi) is 11.0. The molecule has 0 saturated carbocycles. The minimum Gasteiger partial charge on any atom is -0.469 e. The van der Waals surface area contributed by atoms with Crippen LogP contribution in [0.1, 0.15) is 30.8 Å². The van der Waals surface area contributed by atoms with Crippen LogP contribution < -0.4 is 10.6 Å². The first-order valence-corrected chi connectivity index (χ1v) is 8.43. The third-order valence-corrected chi connectivity index (χ3v) is 3.72. The summed E-state index contributed by atoms with van der Waals surface area (Å²) in [5, 5.41) is 6.56. The van der Waals surface area contributed by atoms with E-state index in [-0.39, 0.29) is 30.1 Å². The van der Waals surface area contributed by atoms with Gasteiger partial charge in [-0.1, -0.05) is 30.3 Å². The van der Waals surface area contributed by atoms with E-state index in [2.05, 4.69) is 34.7 Å². The van der Waals surface area contributed by atoms with Crippen LogP contribution in [0.15, 0.2) is 58.1 Å². The van der Waals surface area contributed by atoms with Gasteiger partial charge < -0.3 is 19.8 Å². The lowest BCUT2D eigenvalue weighted by atomic mass is 10.1. The summed E-state index contributed by atoms with van der Waals surface area (Å²) in [4.78, 5) is 4.21. The maximum absolute atomic E-state index is 5.86. The maximum Gasteiger partial charge on any atom is 0.190 e. The number of rotatable bonds is 9. The molecule has 0 fully saturated rings. The number of furan rings is 1. The van der Waals surface area contributed by atoms with E-state index in [4.69, 9.17) is 9.15 Å². The van der Waals surface area contributed by atoms with Crippen LogP contribution in [0.3, 0.4) is 0 Å². The van der Waals surface area contributed by atoms with Crippen LogP contribution in [0.4, 0.5) is 0 Å². The van der Waals surface area contributed by atoms with Crippen molar-refractivity contribution in [3.05, 3.63) is 60.1 Å². The standard InChI is InChI=1S/C19H27N3O2.HI/c1-16(17-8-4-3-5-9-17)23-15-7-12-21-19(20-2)22-13-11-18-10-6-14-24-18;/h3-6,8-10,14,16H,7,11-13,15H2,1-2H3,(H2,20,21,22);1H. The first-order chi connectivity index (χ1) is 11.8. The molecule has 0 bridgehead atoms. The van der Waals surface area contributed by atoms with Crippen molar-refractivity contribution in [1.29, 1.82) is 0 Å². The highest BCUT2D eigenvalue weighted by molar-refractivity contribution is 14.0. The number of nitrogens with one attached hydrogen (secondary N) is 2. The van der Waals surface area contributed by atoms with E-state index in [0.29, 0.717) is 6.61 Å². The van der Waals surface area contributed by atoms with E-state index in [9.17, 15) is 0 Å². The zero-order valence-electron chi connectivity index (χ0n) is 14.9. The summed E-state index contributed by atoms with van der Waals surface area (Å²) in [6.07, 6.45) is 3.58. The summed E-state index contributed by atoms with van der Waals surface area (Å²) < 4.78 is 11.2. The van der Waals surface area contributed by atoms with Crippen LogP contribution in [0.2, 0.25) is 0 Å². The third-order valence-electron chi connectivity index (χ3n) is 3.72. The van der Waals surface area contributed by atoms with E-state index in [1.54, 1.807) is 13.3 Å². The lowest BCUT2D eigenvalue weighted by Gasteiger charge is -2.14. The second-order valence-electron chi connectivity index (χ2n) is 5.53. The Hall–Kier alpha value is -1.54. The molecular formula is C19H28IN3O2. The van der Waals surface area contributed by atoms with Crippen LogP contribution in [0, 0.1) is 0 Å². The Bertz CT molecular complexity index is 588. The predicted octanol–water partition coefficient (Wildman–Crippen LogP) is 3.77. The number of nitrogens with zero attached hydrogens (tertiary/aromatic N) is 1. The summed E-state index contributed by atoms with van der Waals surface area (Å²) in [6.45, 7) is 4.40. The zero-order chi connectivity index (χ0) is 17.0. The molecule has 25 heavy (non-hydrogen) atoms. The lowest BCUT2D eigenvalue weighted by Crippen LogP contribution is -2.39. The van der Waals surface area contributed by atoms with Crippen molar-refractivity contribution in [2.24, 2.45) is 4.99 Å². The molecule has 0 aliphatic carbocycles. The molecule has 2 rings (SSSR count). The quantitative estimate of drug-likeness (QED) is 0.261. The maximum atomic E-state index is 5.86. The molecule has 0 spiro atoms. The highest BCUT2D eigenvalue weighted by atomic mass is 127. The van der Waals surface area contributed by atoms with Gasteiger partial charge in [-0.3, -0.25) is 4.99 Å². The van der Waals surface area contributed by atoms with Crippen molar-refractivity contribution in [3.63, 3.8) is 0 Å². The minimum atomic E-state index is 0. The second kappa shape index (κ2) is 12.8. The Morgan fingerprint density at radius 3 is 2.56 bits per heavy atom. The highest BCUT2D eigenvalue weighted by Crippen LogP contribution is 2.15. The van der Waals surface area contributed by atoms with Crippen LogP contribution in [-0.2, 0) is 11.2 Å². The van der Waals surface area contributed by atoms with E-state index < -0.39 is 0 Å². The molecule has 138 valence electrons. The Balaban J connectivity index is 0.00000312.